The average molecular weight is 484 g/mol. The number of nitrogens with zero attached hydrogens (tertiary/aromatic N) is 4. The standard InChI is InChI=1S/C24H26ClN5O2S/c1-17-6-7-21(20(25)14-17)27-23(31)16-33-24-26-9-8-22(28-24)30-12-10-29(11-13-30)18-4-3-5-19(15-18)32-2/h3-9,14-15H,10-13,16H2,1-2H3,(H,27,31). The van der Waals surface area contributed by atoms with Crippen LogP contribution in [0, 0.1) is 6.92 Å². The molecule has 0 bridgehead atoms. The second-order valence-corrected chi connectivity index (χ2v) is 9.04. The van der Waals surface area contributed by atoms with Crippen molar-refractivity contribution in [3.63, 3.8) is 0 Å². The number of carbonyl (C=O) groups is 1. The fraction of sp³-hybridized carbons (Fsp3) is 0.292. The predicted octanol–water partition coefficient (Wildman–Crippen LogP) is 4.50. The van der Waals surface area contributed by atoms with Gasteiger partial charge in [-0.3, -0.25) is 4.79 Å². The summed E-state index contributed by atoms with van der Waals surface area (Å²) >= 11 is 7.51. The summed E-state index contributed by atoms with van der Waals surface area (Å²) < 4.78 is 5.34. The van der Waals surface area contributed by atoms with E-state index in [4.69, 9.17) is 16.3 Å². The number of aryl methyl sites for hydroxylation is 1. The Hall–Kier alpha value is -2.97. The lowest BCUT2D eigenvalue weighted by Crippen LogP contribution is -2.46. The Morgan fingerprint density at radius 3 is 2.67 bits per heavy atom. The van der Waals surface area contributed by atoms with Crippen molar-refractivity contribution in [1.82, 2.24) is 9.97 Å². The van der Waals surface area contributed by atoms with E-state index in [0.29, 0.717) is 15.9 Å². The van der Waals surface area contributed by atoms with Crippen LogP contribution in [0.3, 0.4) is 0 Å². The normalized spacial score (nSPS) is 13.7. The van der Waals surface area contributed by atoms with Crippen molar-refractivity contribution >= 4 is 46.5 Å². The van der Waals surface area contributed by atoms with Crippen molar-refractivity contribution in [2.45, 2.75) is 12.1 Å². The van der Waals surface area contributed by atoms with Gasteiger partial charge in [0.05, 0.1) is 23.6 Å². The second kappa shape index (κ2) is 10.8. The number of halogens is 1. The summed E-state index contributed by atoms with van der Waals surface area (Å²) in [5.74, 6) is 1.80. The predicted molar refractivity (Wildman–Crippen MR) is 135 cm³/mol. The molecule has 1 aromatic heterocycles. The molecule has 0 spiro atoms. The molecule has 1 fully saturated rings. The van der Waals surface area contributed by atoms with Gasteiger partial charge >= 0.3 is 0 Å². The molecule has 2 heterocycles. The molecular weight excluding hydrogens is 458 g/mol. The summed E-state index contributed by atoms with van der Waals surface area (Å²) in [6, 6.07) is 15.6. The minimum Gasteiger partial charge on any atom is -0.497 e. The number of methoxy groups -OCH3 is 1. The molecule has 1 aliphatic rings. The summed E-state index contributed by atoms with van der Waals surface area (Å²) in [4.78, 5) is 25.9. The number of rotatable bonds is 7. The lowest BCUT2D eigenvalue weighted by atomic mass is 10.2. The quantitative estimate of drug-likeness (QED) is 0.391. The molecule has 3 aromatic rings. The summed E-state index contributed by atoms with van der Waals surface area (Å²) in [5, 5.41) is 3.95. The molecule has 9 heteroatoms. The van der Waals surface area contributed by atoms with Crippen molar-refractivity contribution in [2.75, 3.05) is 54.2 Å². The van der Waals surface area contributed by atoms with Crippen LogP contribution in [0.25, 0.3) is 0 Å². The fourth-order valence-corrected chi connectivity index (χ4v) is 4.52. The zero-order chi connectivity index (χ0) is 23.2. The molecule has 1 saturated heterocycles. The smallest absolute Gasteiger partial charge is 0.234 e. The summed E-state index contributed by atoms with van der Waals surface area (Å²) in [5.41, 5.74) is 2.81. The fourth-order valence-electron chi connectivity index (χ4n) is 3.62. The van der Waals surface area contributed by atoms with E-state index in [2.05, 4.69) is 37.2 Å². The SMILES string of the molecule is COc1cccc(N2CCN(c3ccnc(SCC(=O)Nc4ccc(C)cc4Cl)n3)CC2)c1. The van der Waals surface area contributed by atoms with Crippen molar-refractivity contribution in [3.05, 3.63) is 65.3 Å². The van der Waals surface area contributed by atoms with E-state index in [1.807, 2.05) is 43.3 Å². The van der Waals surface area contributed by atoms with E-state index in [1.165, 1.54) is 11.8 Å². The Bertz CT molecular complexity index is 1120. The lowest BCUT2D eigenvalue weighted by molar-refractivity contribution is -0.113. The first-order chi connectivity index (χ1) is 16.0. The number of hydrogen-bond acceptors (Lipinski definition) is 7. The van der Waals surface area contributed by atoms with E-state index in [0.717, 1.165) is 49.0 Å². The first kappa shape index (κ1) is 23.2. The third-order valence-electron chi connectivity index (χ3n) is 5.37. The highest BCUT2D eigenvalue weighted by Gasteiger charge is 2.19. The molecule has 0 saturated carbocycles. The first-order valence-electron chi connectivity index (χ1n) is 10.7. The number of thioether (sulfide) groups is 1. The summed E-state index contributed by atoms with van der Waals surface area (Å²) in [7, 11) is 1.68. The molecule has 7 nitrogen and oxygen atoms in total. The highest BCUT2D eigenvalue weighted by atomic mass is 35.5. The van der Waals surface area contributed by atoms with Gasteiger partial charge in [0.1, 0.15) is 11.6 Å². The van der Waals surface area contributed by atoms with Crippen LogP contribution in [0.2, 0.25) is 5.02 Å². The molecule has 0 atom stereocenters. The second-order valence-electron chi connectivity index (χ2n) is 7.69. The van der Waals surface area contributed by atoms with Crippen LogP contribution in [-0.4, -0.2) is 54.9 Å². The van der Waals surface area contributed by atoms with Crippen LogP contribution < -0.4 is 19.9 Å². The van der Waals surface area contributed by atoms with Crippen LogP contribution in [0.1, 0.15) is 5.56 Å². The maximum absolute atomic E-state index is 12.4. The maximum Gasteiger partial charge on any atom is 0.234 e. The topological polar surface area (TPSA) is 70.6 Å². The van der Waals surface area contributed by atoms with Gasteiger partial charge in [0, 0.05) is 44.1 Å². The minimum atomic E-state index is -0.147. The lowest BCUT2D eigenvalue weighted by Gasteiger charge is -2.36. The van der Waals surface area contributed by atoms with E-state index in [-0.39, 0.29) is 11.7 Å². The zero-order valence-corrected chi connectivity index (χ0v) is 20.2. The van der Waals surface area contributed by atoms with Crippen LogP contribution in [-0.2, 0) is 4.79 Å². The van der Waals surface area contributed by atoms with Crippen molar-refractivity contribution < 1.29 is 9.53 Å². The summed E-state index contributed by atoms with van der Waals surface area (Å²) in [6.07, 6.45) is 1.74. The third-order valence-corrected chi connectivity index (χ3v) is 6.55. The molecule has 0 aliphatic carbocycles. The van der Waals surface area contributed by atoms with Gasteiger partial charge in [-0.1, -0.05) is 35.5 Å². The Morgan fingerprint density at radius 1 is 1.12 bits per heavy atom. The summed E-state index contributed by atoms with van der Waals surface area (Å²) in [6.45, 7) is 5.44. The monoisotopic (exact) mass is 483 g/mol. The molecule has 2 aromatic carbocycles. The molecule has 1 aliphatic heterocycles. The van der Waals surface area contributed by atoms with Crippen LogP contribution in [0.15, 0.2) is 59.9 Å². The van der Waals surface area contributed by atoms with Gasteiger partial charge in [-0.05, 0) is 42.8 Å². The van der Waals surface area contributed by atoms with Gasteiger partial charge in [-0.15, -0.1) is 0 Å². The van der Waals surface area contributed by atoms with Gasteiger partial charge in [-0.25, -0.2) is 9.97 Å². The van der Waals surface area contributed by atoms with Gasteiger partial charge in [-0.2, -0.15) is 0 Å². The number of ether oxygens (including phenoxy) is 1. The van der Waals surface area contributed by atoms with Crippen molar-refractivity contribution in [2.24, 2.45) is 0 Å². The van der Waals surface area contributed by atoms with E-state index < -0.39 is 0 Å². The van der Waals surface area contributed by atoms with Gasteiger partial charge in [0.2, 0.25) is 5.91 Å². The first-order valence-corrected chi connectivity index (χ1v) is 12.0. The van der Waals surface area contributed by atoms with Gasteiger partial charge in [0.25, 0.3) is 0 Å². The molecule has 1 amide bonds. The Kier molecular flexibility index (Phi) is 7.57. The van der Waals surface area contributed by atoms with Crippen molar-refractivity contribution in [3.8, 4) is 5.75 Å². The molecule has 33 heavy (non-hydrogen) atoms. The molecular formula is C24H26ClN5O2S. The highest BCUT2D eigenvalue weighted by molar-refractivity contribution is 7.99. The Morgan fingerprint density at radius 2 is 1.91 bits per heavy atom. The average Bonchev–Trinajstić information content (AvgIpc) is 2.85. The number of amides is 1. The number of anilines is 3. The number of piperazine rings is 1. The molecule has 0 unspecified atom stereocenters. The molecule has 172 valence electrons. The van der Waals surface area contributed by atoms with Crippen LogP contribution >= 0.6 is 23.4 Å². The van der Waals surface area contributed by atoms with E-state index in [9.17, 15) is 4.79 Å². The minimum absolute atomic E-state index is 0.147. The van der Waals surface area contributed by atoms with Crippen LogP contribution in [0.4, 0.5) is 17.2 Å². The maximum atomic E-state index is 12.4. The number of hydrogen-bond donors (Lipinski definition) is 1. The molecule has 0 radical (unpaired) electrons. The van der Waals surface area contributed by atoms with E-state index in [1.54, 1.807) is 13.3 Å². The Labute approximate surface area is 203 Å². The number of benzene rings is 2. The number of carbonyl (C=O) groups excluding carboxylic acids is 1. The Balaban J connectivity index is 1.31. The molecule has 4 rings (SSSR count). The largest absolute Gasteiger partial charge is 0.497 e. The molecule has 1 N–H and O–H groups in total. The zero-order valence-electron chi connectivity index (χ0n) is 18.6. The number of aromatic nitrogens is 2. The van der Waals surface area contributed by atoms with E-state index >= 15 is 0 Å². The van der Waals surface area contributed by atoms with Gasteiger partial charge in [0.15, 0.2) is 5.16 Å². The third kappa shape index (κ3) is 6.09. The number of nitrogens with one attached hydrogen (secondary N) is 1. The van der Waals surface area contributed by atoms with Gasteiger partial charge < -0.3 is 19.9 Å². The highest BCUT2D eigenvalue weighted by Crippen LogP contribution is 2.25. The van der Waals surface area contributed by atoms with Crippen molar-refractivity contribution in [1.29, 1.82) is 0 Å². The van der Waals surface area contributed by atoms with Crippen LogP contribution in [0.5, 0.6) is 5.75 Å².